The van der Waals surface area contributed by atoms with Gasteiger partial charge in [0.1, 0.15) is 0 Å². The summed E-state index contributed by atoms with van der Waals surface area (Å²) in [7, 11) is 1.34. The molecule has 1 aromatic heterocycles. The van der Waals surface area contributed by atoms with Crippen molar-refractivity contribution in [3.8, 4) is 40.1 Å². The third-order valence-electron chi connectivity index (χ3n) is 3.58. The zero-order valence-electron chi connectivity index (χ0n) is 12.2. The Labute approximate surface area is 141 Å². The van der Waals surface area contributed by atoms with E-state index in [0.29, 0.717) is 17.1 Å². The average Bonchev–Trinajstić information content (AvgIpc) is 3.01. The zero-order chi connectivity index (χ0) is 16.8. The molecule has 4 rings (SSSR count). The Bertz CT molecular complexity index is 1030. The Kier molecular flexibility index (Phi) is 3.30. The Balaban J connectivity index is 2.03. The Morgan fingerprint density at radius 1 is 1.08 bits per heavy atom. The molecule has 0 radical (unpaired) electrons. The van der Waals surface area contributed by atoms with Crippen LogP contribution in [0.4, 0.5) is 0 Å². The summed E-state index contributed by atoms with van der Waals surface area (Å²) in [5.41, 5.74) is 0.0667. The molecule has 0 atom stereocenters. The van der Waals surface area contributed by atoms with Crippen molar-refractivity contribution < 1.29 is 27.0 Å². The van der Waals surface area contributed by atoms with Crippen LogP contribution in [0.15, 0.2) is 39.5 Å². The van der Waals surface area contributed by atoms with Crippen molar-refractivity contribution in [3.63, 3.8) is 0 Å². The molecule has 0 spiro atoms. The third kappa shape index (κ3) is 2.16. The SMILES string of the molecule is COc1c(-c2ccc3c(c2)O[Se]O3)oc2cc(O)cc(O)c2c1=O. The van der Waals surface area contributed by atoms with E-state index in [-0.39, 0.29) is 34.0 Å². The summed E-state index contributed by atoms with van der Waals surface area (Å²) >= 11 is -0.410. The summed E-state index contributed by atoms with van der Waals surface area (Å²) in [6, 6.07) is 7.43. The zero-order valence-corrected chi connectivity index (χ0v) is 13.9. The first-order valence-corrected chi connectivity index (χ1v) is 8.20. The van der Waals surface area contributed by atoms with Crippen LogP contribution in [-0.4, -0.2) is 32.9 Å². The Morgan fingerprint density at radius 2 is 1.88 bits per heavy atom. The molecular formula is C16H10O7Se. The van der Waals surface area contributed by atoms with Crippen LogP contribution in [0.2, 0.25) is 0 Å². The minimum absolute atomic E-state index is 0.0483. The van der Waals surface area contributed by atoms with Crippen LogP contribution in [0.3, 0.4) is 0 Å². The van der Waals surface area contributed by atoms with Crippen molar-refractivity contribution in [2.75, 3.05) is 7.11 Å². The Morgan fingerprint density at radius 3 is 2.67 bits per heavy atom. The van der Waals surface area contributed by atoms with Crippen molar-refractivity contribution in [2.24, 2.45) is 0 Å². The van der Waals surface area contributed by atoms with Crippen molar-refractivity contribution in [3.05, 3.63) is 40.6 Å². The number of hydrogen-bond acceptors (Lipinski definition) is 7. The average molecular weight is 393 g/mol. The second kappa shape index (κ2) is 5.36. The van der Waals surface area contributed by atoms with Crippen molar-refractivity contribution >= 4 is 26.6 Å². The number of fused-ring (bicyclic) bond motifs is 2. The number of ether oxygens (including phenoxy) is 1. The monoisotopic (exact) mass is 394 g/mol. The second-order valence-electron chi connectivity index (χ2n) is 5.03. The number of methoxy groups -OCH3 is 1. The standard InChI is InChI=1S/C16H10O7Se/c1-20-16-14(19)13-9(18)5-8(17)6-12(13)21-15(16)7-2-3-10-11(4-7)23-24-22-10/h2-6,17-18H,1H3. The molecule has 0 fully saturated rings. The van der Waals surface area contributed by atoms with Crippen LogP contribution in [0.25, 0.3) is 22.3 Å². The van der Waals surface area contributed by atoms with E-state index >= 15 is 0 Å². The molecule has 2 heterocycles. The van der Waals surface area contributed by atoms with Crippen LogP contribution >= 0.6 is 0 Å². The molecule has 1 aliphatic rings. The molecule has 7 nitrogen and oxygen atoms in total. The van der Waals surface area contributed by atoms with Gasteiger partial charge in [0.15, 0.2) is 0 Å². The van der Waals surface area contributed by atoms with E-state index in [9.17, 15) is 15.0 Å². The predicted octanol–water partition coefficient (Wildman–Crippen LogP) is 2.19. The van der Waals surface area contributed by atoms with Gasteiger partial charge < -0.3 is 0 Å². The summed E-state index contributed by atoms with van der Waals surface area (Å²) < 4.78 is 21.6. The fourth-order valence-electron chi connectivity index (χ4n) is 2.52. The second-order valence-corrected chi connectivity index (χ2v) is 6.01. The van der Waals surface area contributed by atoms with Gasteiger partial charge in [0.25, 0.3) is 0 Å². The fraction of sp³-hybridized carbons (Fsp3) is 0.0625. The fourth-order valence-corrected chi connectivity index (χ4v) is 3.46. The Hall–Kier alpha value is -2.83. The van der Waals surface area contributed by atoms with Crippen LogP contribution in [0.5, 0.6) is 28.7 Å². The van der Waals surface area contributed by atoms with E-state index in [1.54, 1.807) is 18.2 Å². The summed E-state index contributed by atoms with van der Waals surface area (Å²) in [6.07, 6.45) is 0. The summed E-state index contributed by atoms with van der Waals surface area (Å²) in [5, 5.41) is 19.5. The summed E-state index contributed by atoms with van der Waals surface area (Å²) in [4.78, 5) is 12.6. The maximum absolute atomic E-state index is 12.6. The van der Waals surface area contributed by atoms with E-state index in [2.05, 4.69) is 0 Å². The molecule has 24 heavy (non-hydrogen) atoms. The van der Waals surface area contributed by atoms with Gasteiger partial charge >= 0.3 is 141 Å². The van der Waals surface area contributed by atoms with Crippen molar-refractivity contribution in [1.29, 1.82) is 0 Å². The molecule has 122 valence electrons. The van der Waals surface area contributed by atoms with Crippen LogP contribution in [0.1, 0.15) is 0 Å². The minimum atomic E-state index is -0.534. The molecule has 0 bridgehead atoms. The van der Waals surface area contributed by atoms with Gasteiger partial charge in [-0.1, -0.05) is 0 Å². The van der Waals surface area contributed by atoms with E-state index in [1.807, 2.05) is 0 Å². The quantitative estimate of drug-likeness (QED) is 0.644. The molecule has 0 amide bonds. The predicted molar refractivity (Wildman–Crippen MR) is 84.8 cm³/mol. The molecule has 1 aliphatic heterocycles. The number of benzene rings is 2. The molecule has 0 saturated heterocycles. The van der Waals surface area contributed by atoms with E-state index in [0.717, 1.165) is 6.07 Å². The third-order valence-corrected chi connectivity index (χ3v) is 4.61. The maximum atomic E-state index is 12.6. The van der Waals surface area contributed by atoms with Gasteiger partial charge in [-0.3, -0.25) is 0 Å². The van der Waals surface area contributed by atoms with Gasteiger partial charge in [0.2, 0.25) is 0 Å². The summed E-state index contributed by atoms with van der Waals surface area (Å²) in [6.45, 7) is 0. The number of phenols is 2. The first-order valence-electron chi connectivity index (χ1n) is 6.81. The number of rotatable bonds is 2. The van der Waals surface area contributed by atoms with Gasteiger partial charge in [-0.2, -0.15) is 0 Å². The normalized spacial score (nSPS) is 12.5. The van der Waals surface area contributed by atoms with Crippen LogP contribution in [-0.2, 0) is 0 Å². The number of aromatic hydroxyl groups is 2. The molecule has 0 saturated carbocycles. The van der Waals surface area contributed by atoms with Crippen LogP contribution < -0.4 is 17.8 Å². The van der Waals surface area contributed by atoms with Gasteiger partial charge in [-0.05, 0) is 0 Å². The van der Waals surface area contributed by atoms with Gasteiger partial charge in [-0.25, -0.2) is 0 Å². The molecule has 0 aliphatic carbocycles. The van der Waals surface area contributed by atoms with Gasteiger partial charge in [0, 0.05) is 0 Å². The molecule has 0 unspecified atom stereocenters. The topological polar surface area (TPSA) is 98.4 Å². The number of hydrogen-bond donors (Lipinski definition) is 2. The van der Waals surface area contributed by atoms with Gasteiger partial charge in [-0.15, -0.1) is 0 Å². The van der Waals surface area contributed by atoms with E-state index < -0.39 is 21.0 Å². The van der Waals surface area contributed by atoms with Gasteiger partial charge in [0.05, 0.1) is 0 Å². The molecule has 2 N–H and O–H groups in total. The van der Waals surface area contributed by atoms with E-state index in [4.69, 9.17) is 16.8 Å². The van der Waals surface area contributed by atoms with Crippen LogP contribution in [0, 0.1) is 0 Å². The van der Waals surface area contributed by atoms with Crippen molar-refractivity contribution in [2.45, 2.75) is 0 Å². The molecule has 8 heteroatoms. The first kappa shape index (κ1) is 14.7. The van der Waals surface area contributed by atoms with E-state index in [1.165, 1.54) is 13.2 Å². The number of phenolic OH excluding ortho intramolecular Hbond substituents is 2. The molecule has 3 aromatic rings. The van der Waals surface area contributed by atoms with Crippen molar-refractivity contribution in [1.82, 2.24) is 0 Å². The molecular weight excluding hydrogens is 383 g/mol. The summed E-state index contributed by atoms with van der Waals surface area (Å²) in [5.74, 6) is 0.704. The molecule has 2 aromatic carbocycles. The first-order chi connectivity index (χ1) is 11.6.